The van der Waals surface area contributed by atoms with E-state index in [1.165, 1.54) is 7.11 Å². The summed E-state index contributed by atoms with van der Waals surface area (Å²) in [5, 5.41) is 8.68. The lowest BCUT2D eigenvalue weighted by Crippen LogP contribution is -2.06. The van der Waals surface area contributed by atoms with Crippen molar-refractivity contribution in [3.8, 4) is 0 Å². The maximum Gasteiger partial charge on any atom is 0.354 e. The smallest absolute Gasteiger partial charge is 0.354 e. The topological polar surface area (TPSA) is 68.5 Å². The minimum Gasteiger partial charge on any atom is -0.481 e. The minimum absolute atomic E-state index is 0.0463. The summed E-state index contributed by atoms with van der Waals surface area (Å²) in [6.07, 6.45) is 1.80. The van der Waals surface area contributed by atoms with E-state index in [1.807, 2.05) is 6.92 Å². The fourth-order valence-electron chi connectivity index (χ4n) is 1.55. The minimum atomic E-state index is -0.851. The fourth-order valence-corrected chi connectivity index (χ4v) is 1.55. The van der Waals surface area contributed by atoms with Crippen molar-refractivity contribution in [2.45, 2.75) is 19.3 Å². The Morgan fingerprint density at radius 3 is 2.69 bits per heavy atom. The molecule has 0 aliphatic heterocycles. The third-order valence-corrected chi connectivity index (χ3v) is 2.47. The largest absolute Gasteiger partial charge is 0.481 e. The average molecular weight is 225 g/mol. The second kappa shape index (κ2) is 4.83. The van der Waals surface area contributed by atoms with Crippen LogP contribution in [0.5, 0.6) is 0 Å². The molecule has 0 aliphatic carbocycles. The average Bonchev–Trinajstić information content (AvgIpc) is 2.58. The highest BCUT2D eigenvalue weighted by Crippen LogP contribution is 2.21. The van der Waals surface area contributed by atoms with Crippen molar-refractivity contribution in [2.24, 2.45) is 7.05 Å². The Labute approximate surface area is 93.6 Å². The van der Waals surface area contributed by atoms with E-state index in [1.54, 1.807) is 23.9 Å². The number of nitrogens with zero attached hydrogens (tertiary/aromatic N) is 1. The number of hydrogen-bond acceptors (Lipinski definition) is 3. The maximum atomic E-state index is 11.3. The zero-order valence-electron chi connectivity index (χ0n) is 9.56. The summed E-state index contributed by atoms with van der Waals surface area (Å²) in [4.78, 5) is 21.9. The monoisotopic (exact) mass is 225 g/mol. The van der Waals surface area contributed by atoms with Crippen LogP contribution in [0, 0.1) is 0 Å². The van der Waals surface area contributed by atoms with Crippen LogP contribution in [0.1, 0.15) is 35.3 Å². The Kier molecular flexibility index (Phi) is 3.71. The molecule has 0 aliphatic rings. The Balaban J connectivity index is 2.91. The number of carbonyl (C=O) groups is 2. The molecular formula is C11H15NO4. The molecule has 0 saturated carbocycles. The first kappa shape index (κ1) is 12.3. The zero-order valence-corrected chi connectivity index (χ0v) is 9.56. The summed E-state index contributed by atoms with van der Waals surface area (Å²) in [7, 11) is 3.04. The molecule has 0 spiro atoms. The van der Waals surface area contributed by atoms with Crippen LogP contribution in [-0.2, 0) is 16.6 Å². The van der Waals surface area contributed by atoms with Crippen molar-refractivity contribution in [1.82, 2.24) is 4.57 Å². The molecule has 5 nitrogen and oxygen atoms in total. The number of aliphatic carboxylic acids is 1. The summed E-state index contributed by atoms with van der Waals surface area (Å²) in [5.41, 5.74) is 1.25. The zero-order chi connectivity index (χ0) is 12.3. The van der Waals surface area contributed by atoms with Crippen molar-refractivity contribution >= 4 is 11.9 Å². The molecule has 16 heavy (non-hydrogen) atoms. The summed E-state index contributed by atoms with van der Waals surface area (Å²) >= 11 is 0. The van der Waals surface area contributed by atoms with E-state index in [0.717, 1.165) is 5.56 Å². The van der Waals surface area contributed by atoms with Gasteiger partial charge in [0.2, 0.25) is 0 Å². The van der Waals surface area contributed by atoms with Crippen molar-refractivity contribution in [3.05, 3.63) is 23.5 Å². The number of aryl methyl sites for hydroxylation is 1. The van der Waals surface area contributed by atoms with E-state index in [0.29, 0.717) is 5.69 Å². The fraction of sp³-hybridized carbons (Fsp3) is 0.455. The molecule has 1 heterocycles. The van der Waals surface area contributed by atoms with Gasteiger partial charge in [0.1, 0.15) is 5.69 Å². The SMILES string of the molecule is COC(=O)c1cc(C(C)CC(=O)O)cn1C. The molecule has 0 aromatic carbocycles. The standard InChI is InChI=1S/C11H15NO4/c1-7(4-10(13)14)8-5-9(11(15)16-3)12(2)6-8/h5-7H,4H2,1-3H3,(H,13,14). The van der Waals surface area contributed by atoms with Crippen molar-refractivity contribution < 1.29 is 19.4 Å². The summed E-state index contributed by atoms with van der Waals surface area (Å²) < 4.78 is 6.25. The van der Waals surface area contributed by atoms with Gasteiger partial charge in [-0.05, 0) is 17.5 Å². The number of esters is 1. The molecule has 1 rings (SSSR count). The quantitative estimate of drug-likeness (QED) is 0.786. The molecule has 5 heteroatoms. The van der Waals surface area contributed by atoms with Crippen LogP contribution in [-0.4, -0.2) is 28.7 Å². The van der Waals surface area contributed by atoms with E-state index in [2.05, 4.69) is 4.74 Å². The second-order valence-electron chi connectivity index (χ2n) is 3.76. The van der Waals surface area contributed by atoms with Gasteiger partial charge in [-0.15, -0.1) is 0 Å². The second-order valence-corrected chi connectivity index (χ2v) is 3.76. The lowest BCUT2D eigenvalue weighted by molar-refractivity contribution is -0.137. The van der Waals surface area contributed by atoms with E-state index < -0.39 is 11.9 Å². The van der Waals surface area contributed by atoms with Gasteiger partial charge in [-0.1, -0.05) is 6.92 Å². The lowest BCUT2D eigenvalue weighted by Gasteiger charge is -2.04. The molecule has 0 bridgehead atoms. The molecule has 1 unspecified atom stereocenters. The maximum absolute atomic E-state index is 11.3. The van der Waals surface area contributed by atoms with Gasteiger partial charge in [0.15, 0.2) is 0 Å². The third kappa shape index (κ3) is 2.62. The Morgan fingerprint density at radius 1 is 1.56 bits per heavy atom. The summed E-state index contributed by atoms with van der Waals surface area (Å²) in [6.45, 7) is 1.81. The third-order valence-electron chi connectivity index (χ3n) is 2.47. The number of ether oxygens (including phenoxy) is 1. The predicted molar refractivity (Wildman–Crippen MR) is 57.4 cm³/mol. The van der Waals surface area contributed by atoms with Crippen LogP contribution in [0.2, 0.25) is 0 Å². The van der Waals surface area contributed by atoms with Crippen LogP contribution < -0.4 is 0 Å². The van der Waals surface area contributed by atoms with Gasteiger partial charge < -0.3 is 14.4 Å². The molecular weight excluding hydrogens is 210 g/mol. The molecule has 0 fully saturated rings. The van der Waals surface area contributed by atoms with Crippen LogP contribution in [0.4, 0.5) is 0 Å². The first-order chi connectivity index (χ1) is 7.45. The van der Waals surface area contributed by atoms with Gasteiger partial charge in [0.05, 0.1) is 13.5 Å². The first-order valence-corrected chi connectivity index (χ1v) is 4.92. The van der Waals surface area contributed by atoms with E-state index >= 15 is 0 Å². The molecule has 1 atom stereocenters. The number of carbonyl (C=O) groups excluding carboxylic acids is 1. The summed E-state index contributed by atoms with van der Waals surface area (Å²) in [6, 6.07) is 1.67. The van der Waals surface area contributed by atoms with Gasteiger partial charge in [-0.2, -0.15) is 0 Å². The highest BCUT2D eigenvalue weighted by molar-refractivity contribution is 5.88. The molecule has 88 valence electrons. The van der Waals surface area contributed by atoms with Crippen molar-refractivity contribution in [3.63, 3.8) is 0 Å². The molecule has 1 N–H and O–H groups in total. The van der Waals surface area contributed by atoms with Crippen LogP contribution in [0.3, 0.4) is 0 Å². The van der Waals surface area contributed by atoms with Crippen LogP contribution >= 0.6 is 0 Å². The number of aromatic nitrogens is 1. The Morgan fingerprint density at radius 2 is 2.19 bits per heavy atom. The number of carboxylic acids is 1. The normalized spacial score (nSPS) is 12.2. The van der Waals surface area contributed by atoms with E-state index in [-0.39, 0.29) is 12.3 Å². The number of methoxy groups -OCH3 is 1. The Bertz CT molecular complexity index is 408. The number of hydrogen-bond donors (Lipinski definition) is 1. The molecule has 1 aromatic heterocycles. The van der Waals surface area contributed by atoms with Gasteiger partial charge >= 0.3 is 11.9 Å². The molecule has 0 saturated heterocycles. The van der Waals surface area contributed by atoms with Gasteiger partial charge in [0.25, 0.3) is 0 Å². The number of rotatable bonds is 4. The predicted octanol–water partition coefficient (Wildman–Crippen LogP) is 1.39. The van der Waals surface area contributed by atoms with E-state index in [4.69, 9.17) is 5.11 Å². The molecule has 0 amide bonds. The highest BCUT2D eigenvalue weighted by Gasteiger charge is 2.17. The molecule has 0 radical (unpaired) electrons. The lowest BCUT2D eigenvalue weighted by atomic mass is 10.0. The van der Waals surface area contributed by atoms with Gasteiger partial charge in [-0.3, -0.25) is 4.79 Å². The molecule has 1 aromatic rings. The highest BCUT2D eigenvalue weighted by atomic mass is 16.5. The van der Waals surface area contributed by atoms with Crippen LogP contribution in [0.15, 0.2) is 12.3 Å². The van der Waals surface area contributed by atoms with Crippen molar-refractivity contribution in [2.75, 3.05) is 7.11 Å². The van der Waals surface area contributed by atoms with E-state index in [9.17, 15) is 9.59 Å². The number of carboxylic acid groups (broad SMARTS) is 1. The Hall–Kier alpha value is -1.78. The summed E-state index contributed by atoms with van der Waals surface area (Å²) in [5.74, 6) is -1.39. The van der Waals surface area contributed by atoms with Gasteiger partial charge in [0, 0.05) is 13.2 Å². The van der Waals surface area contributed by atoms with Crippen LogP contribution in [0.25, 0.3) is 0 Å². The first-order valence-electron chi connectivity index (χ1n) is 4.92. The van der Waals surface area contributed by atoms with Crippen molar-refractivity contribution in [1.29, 1.82) is 0 Å². The van der Waals surface area contributed by atoms with Gasteiger partial charge in [-0.25, -0.2) is 4.79 Å².